The van der Waals surface area contributed by atoms with Crippen LogP contribution in [0.15, 0.2) is 0 Å². The fourth-order valence-electron chi connectivity index (χ4n) is 2.50. The zero-order valence-electron chi connectivity index (χ0n) is 10.2. The molecule has 0 aliphatic heterocycles. The van der Waals surface area contributed by atoms with Crippen molar-refractivity contribution in [3.05, 3.63) is 0 Å². The van der Waals surface area contributed by atoms with Gasteiger partial charge in [-0.05, 0) is 32.2 Å². The second-order valence-electron chi connectivity index (χ2n) is 4.89. The van der Waals surface area contributed by atoms with Crippen molar-refractivity contribution in [1.29, 1.82) is 5.26 Å². The third-order valence-electron chi connectivity index (χ3n) is 3.44. The van der Waals surface area contributed by atoms with E-state index < -0.39 is 0 Å². The lowest BCUT2D eigenvalue weighted by Crippen LogP contribution is -2.33. The van der Waals surface area contributed by atoms with Crippen LogP contribution in [-0.4, -0.2) is 24.5 Å². The van der Waals surface area contributed by atoms with Crippen LogP contribution in [0.5, 0.6) is 0 Å². The van der Waals surface area contributed by atoms with Crippen molar-refractivity contribution in [3.63, 3.8) is 0 Å². The van der Waals surface area contributed by atoms with Gasteiger partial charge in [-0.25, -0.2) is 0 Å². The minimum Gasteiger partial charge on any atom is -0.302 e. The first kappa shape index (κ1) is 12.5. The maximum absolute atomic E-state index is 8.81. The van der Waals surface area contributed by atoms with Crippen molar-refractivity contribution >= 4 is 0 Å². The second kappa shape index (κ2) is 6.85. The molecular weight excluding hydrogens is 184 g/mol. The normalized spacial score (nSPS) is 20.1. The molecule has 0 amide bonds. The summed E-state index contributed by atoms with van der Waals surface area (Å²) in [4.78, 5) is 2.45. The van der Waals surface area contributed by atoms with Crippen molar-refractivity contribution in [2.24, 2.45) is 11.8 Å². The van der Waals surface area contributed by atoms with E-state index >= 15 is 0 Å². The summed E-state index contributed by atoms with van der Waals surface area (Å²) < 4.78 is 0. The van der Waals surface area contributed by atoms with Gasteiger partial charge in [0.25, 0.3) is 0 Å². The number of nitriles is 1. The Hall–Kier alpha value is -0.550. The summed E-state index contributed by atoms with van der Waals surface area (Å²) >= 11 is 0. The lowest BCUT2D eigenvalue weighted by atomic mass is 9.89. The van der Waals surface area contributed by atoms with Crippen LogP contribution in [0.25, 0.3) is 0 Å². The largest absolute Gasteiger partial charge is 0.302 e. The van der Waals surface area contributed by atoms with Gasteiger partial charge in [-0.2, -0.15) is 5.26 Å². The van der Waals surface area contributed by atoms with E-state index in [-0.39, 0.29) is 5.92 Å². The zero-order valence-corrected chi connectivity index (χ0v) is 10.2. The number of hydrogen-bond acceptors (Lipinski definition) is 2. The summed E-state index contributed by atoms with van der Waals surface area (Å²) in [5.74, 6) is 1.07. The van der Waals surface area contributed by atoms with Gasteiger partial charge in [0.15, 0.2) is 0 Å². The highest BCUT2D eigenvalue weighted by Gasteiger charge is 2.17. The van der Waals surface area contributed by atoms with Crippen LogP contribution in [0.1, 0.15) is 46.0 Å². The molecule has 0 heterocycles. The van der Waals surface area contributed by atoms with Gasteiger partial charge in [-0.3, -0.25) is 0 Å². The monoisotopic (exact) mass is 208 g/mol. The van der Waals surface area contributed by atoms with Gasteiger partial charge < -0.3 is 4.90 Å². The molecule has 0 bridgehead atoms. The molecule has 1 atom stereocenters. The fraction of sp³-hybridized carbons (Fsp3) is 0.923. The average molecular weight is 208 g/mol. The SMILES string of the molecule is CCN(CC(C)C#N)CC1CCCCC1. The molecule has 2 heteroatoms. The molecule has 1 rings (SSSR count). The topological polar surface area (TPSA) is 27.0 Å². The van der Waals surface area contributed by atoms with E-state index in [1.54, 1.807) is 0 Å². The molecule has 86 valence electrons. The summed E-state index contributed by atoms with van der Waals surface area (Å²) in [5, 5.41) is 8.81. The smallest absolute Gasteiger partial charge is 0.0666 e. The van der Waals surface area contributed by atoms with Gasteiger partial charge in [0.05, 0.1) is 12.0 Å². The highest BCUT2D eigenvalue weighted by molar-refractivity contribution is 4.82. The molecule has 0 N–H and O–H groups in total. The third-order valence-corrected chi connectivity index (χ3v) is 3.44. The molecule has 0 aromatic carbocycles. The maximum Gasteiger partial charge on any atom is 0.0666 e. The Labute approximate surface area is 94.3 Å². The van der Waals surface area contributed by atoms with E-state index in [2.05, 4.69) is 17.9 Å². The van der Waals surface area contributed by atoms with E-state index in [1.165, 1.54) is 38.6 Å². The van der Waals surface area contributed by atoms with Crippen LogP contribution < -0.4 is 0 Å². The van der Waals surface area contributed by atoms with Crippen LogP contribution in [0.2, 0.25) is 0 Å². The van der Waals surface area contributed by atoms with Gasteiger partial charge in [0, 0.05) is 13.1 Å². The molecular formula is C13H24N2. The predicted molar refractivity (Wildman–Crippen MR) is 63.5 cm³/mol. The molecule has 1 saturated carbocycles. The summed E-state index contributed by atoms with van der Waals surface area (Å²) in [6.45, 7) is 7.46. The van der Waals surface area contributed by atoms with Crippen LogP contribution in [-0.2, 0) is 0 Å². The van der Waals surface area contributed by atoms with E-state index in [0.29, 0.717) is 0 Å². The lowest BCUT2D eigenvalue weighted by Gasteiger charge is -2.29. The Bertz CT molecular complexity index is 201. The van der Waals surface area contributed by atoms with Crippen LogP contribution in [0.4, 0.5) is 0 Å². The Morgan fingerprint density at radius 1 is 1.33 bits per heavy atom. The molecule has 1 aliphatic rings. The van der Waals surface area contributed by atoms with E-state index in [0.717, 1.165) is 19.0 Å². The zero-order chi connectivity index (χ0) is 11.1. The minimum absolute atomic E-state index is 0.175. The average Bonchev–Trinajstić information content (AvgIpc) is 2.29. The number of rotatable bonds is 5. The first-order valence-corrected chi connectivity index (χ1v) is 6.38. The highest BCUT2D eigenvalue weighted by Crippen LogP contribution is 2.24. The van der Waals surface area contributed by atoms with Gasteiger partial charge in [-0.15, -0.1) is 0 Å². The maximum atomic E-state index is 8.81. The Kier molecular flexibility index (Phi) is 5.71. The van der Waals surface area contributed by atoms with Gasteiger partial charge >= 0.3 is 0 Å². The third kappa shape index (κ3) is 4.66. The Balaban J connectivity index is 2.29. The first-order valence-electron chi connectivity index (χ1n) is 6.38. The summed E-state index contributed by atoms with van der Waals surface area (Å²) in [6, 6.07) is 2.33. The molecule has 0 radical (unpaired) electrons. The van der Waals surface area contributed by atoms with Crippen LogP contribution in [0.3, 0.4) is 0 Å². The Morgan fingerprint density at radius 2 is 2.00 bits per heavy atom. The molecule has 1 fully saturated rings. The summed E-state index contributed by atoms with van der Waals surface area (Å²) in [6.07, 6.45) is 7.05. The standard InChI is InChI=1S/C13H24N2/c1-3-15(10-12(2)9-14)11-13-7-5-4-6-8-13/h12-13H,3-8,10-11H2,1-2H3. The van der Waals surface area contributed by atoms with Crippen molar-refractivity contribution in [3.8, 4) is 6.07 Å². The quantitative estimate of drug-likeness (QED) is 0.694. The predicted octanol–water partition coefficient (Wildman–Crippen LogP) is 3.05. The van der Waals surface area contributed by atoms with E-state index in [9.17, 15) is 0 Å². The Morgan fingerprint density at radius 3 is 2.53 bits per heavy atom. The van der Waals surface area contributed by atoms with Crippen molar-refractivity contribution < 1.29 is 0 Å². The summed E-state index contributed by atoms with van der Waals surface area (Å²) in [5.41, 5.74) is 0. The first-order chi connectivity index (χ1) is 7.26. The van der Waals surface area contributed by atoms with Gasteiger partial charge in [-0.1, -0.05) is 26.2 Å². The van der Waals surface area contributed by atoms with Gasteiger partial charge in [0.2, 0.25) is 0 Å². The molecule has 0 aromatic rings. The number of hydrogen-bond donors (Lipinski definition) is 0. The van der Waals surface area contributed by atoms with Crippen molar-refractivity contribution in [2.45, 2.75) is 46.0 Å². The van der Waals surface area contributed by atoms with Gasteiger partial charge in [0.1, 0.15) is 0 Å². The van der Waals surface area contributed by atoms with Crippen molar-refractivity contribution in [2.75, 3.05) is 19.6 Å². The van der Waals surface area contributed by atoms with E-state index in [4.69, 9.17) is 5.26 Å². The summed E-state index contributed by atoms with van der Waals surface area (Å²) in [7, 11) is 0. The molecule has 1 unspecified atom stereocenters. The van der Waals surface area contributed by atoms with Crippen LogP contribution >= 0.6 is 0 Å². The molecule has 0 spiro atoms. The van der Waals surface area contributed by atoms with E-state index in [1.807, 2.05) is 6.92 Å². The molecule has 1 aliphatic carbocycles. The fourth-order valence-corrected chi connectivity index (χ4v) is 2.50. The lowest BCUT2D eigenvalue weighted by molar-refractivity contribution is 0.198. The van der Waals surface area contributed by atoms with Crippen LogP contribution in [0, 0.1) is 23.2 Å². The minimum atomic E-state index is 0.175. The number of nitrogens with zero attached hydrogens (tertiary/aromatic N) is 2. The molecule has 0 saturated heterocycles. The molecule has 15 heavy (non-hydrogen) atoms. The molecule has 2 nitrogen and oxygen atoms in total. The van der Waals surface area contributed by atoms with Crippen molar-refractivity contribution in [1.82, 2.24) is 4.90 Å². The molecule has 0 aromatic heterocycles. The highest BCUT2D eigenvalue weighted by atomic mass is 15.1. The second-order valence-corrected chi connectivity index (χ2v) is 4.89.